The maximum atomic E-state index is 13.4. The average Bonchev–Trinajstić information content (AvgIpc) is 4.39. The van der Waals surface area contributed by atoms with Crippen LogP contribution in [-0.2, 0) is 35.5 Å². The highest BCUT2D eigenvalue weighted by atomic mass is 16.5. The number of aromatic nitrogens is 3. The molecule has 6 N–H and O–H groups in total. The van der Waals surface area contributed by atoms with Crippen LogP contribution in [0.25, 0.3) is 0 Å². The molecule has 9 rings (SSSR count). The van der Waals surface area contributed by atoms with Crippen LogP contribution in [0.15, 0.2) is 71.0 Å². The van der Waals surface area contributed by atoms with Crippen molar-refractivity contribution in [3.63, 3.8) is 0 Å². The number of nitrogens with one attached hydrogen (secondary N) is 6. The maximum absolute atomic E-state index is 13.4. The number of carbonyl (C=O) groups excluding carboxylic acids is 8. The normalized spacial score (nSPS) is 15.8. The van der Waals surface area contributed by atoms with Gasteiger partial charge in [-0.2, -0.15) is 0 Å². The summed E-state index contributed by atoms with van der Waals surface area (Å²) in [6, 6.07) is 11.1. The van der Waals surface area contributed by atoms with E-state index in [-0.39, 0.29) is 98.5 Å². The molecule has 0 unspecified atom stereocenters. The lowest BCUT2D eigenvalue weighted by molar-refractivity contribution is -0.122. The number of hydrogen-bond acceptors (Lipinski definition) is 14. The molecule has 0 bridgehead atoms. The minimum absolute atomic E-state index is 0.0229. The van der Waals surface area contributed by atoms with Crippen molar-refractivity contribution in [2.75, 3.05) is 76.1 Å². The first-order chi connectivity index (χ1) is 39.1. The van der Waals surface area contributed by atoms with Gasteiger partial charge < -0.3 is 74.3 Å². The molecule has 81 heavy (non-hydrogen) atoms. The molecule has 426 valence electrons. The van der Waals surface area contributed by atoms with Gasteiger partial charge in [0.05, 0.1) is 85.6 Å². The summed E-state index contributed by atoms with van der Waals surface area (Å²) in [7, 11) is 7.90. The van der Waals surface area contributed by atoms with Gasteiger partial charge in [-0.15, -0.1) is 0 Å². The Labute approximate surface area is 466 Å². The second-order valence-corrected chi connectivity index (χ2v) is 19.9. The van der Waals surface area contributed by atoms with E-state index in [0.29, 0.717) is 88.5 Å². The molecule has 4 aliphatic rings. The third-order valence-electron chi connectivity index (χ3n) is 14.2. The summed E-state index contributed by atoms with van der Waals surface area (Å²) in [5.74, 6) is -1.15. The Morgan fingerprint density at radius 2 is 0.963 bits per heavy atom. The number of benzene rings is 2. The van der Waals surface area contributed by atoms with Gasteiger partial charge in [-0.3, -0.25) is 48.3 Å². The van der Waals surface area contributed by atoms with E-state index in [4.69, 9.17) is 18.9 Å². The van der Waals surface area contributed by atoms with Crippen LogP contribution >= 0.6 is 0 Å². The van der Waals surface area contributed by atoms with E-state index < -0.39 is 23.6 Å². The molecule has 0 radical (unpaired) electrons. The summed E-state index contributed by atoms with van der Waals surface area (Å²) in [5, 5.41) is 16.3. The Bertz CT molecular complexity index is 3340. The van der Waals surface area contributed by atoms with Gasteiger partial charge in [0.1, 0.15) is 17.1 Å². The van der Waals surface area contributed by atoms with Crippen LogP contribution in [0.4, 0.5) is 28.4 Å². The lowest BCUT2D eigenvalue weighted by atomic mass is 10.1. The van der Waals surface area contributed by atoms with E-state index in [1.165, 1.54) is 47.7 Å². The number of amides is 8. The van der Waals surface area contributed by atoms with E-state index >= 15 is 0 Å². The molecule has 2 atom stereocenters. The minimum atomic E-state index is -0.568. The molecule has 25 nitrogen and oxygen atoms in total. The van der Waals surface area contributed by atoms with E-state index in [1.807, 2.05) is 9.80 Å². The number of aliphatic imine (C=N–C) groups is 2. The van der Waals surface area contributed by atoms with Crippen molar-refractivity contribution in [1.82, 2.24) is 39.5 Å². The van der Waals surface area contributed by atoms with E-state index in [0.717, 1.165) is 25.7 Å². The number of aryl methyl sites for hydroxylation is 3. The molecule has 2 aromatic carbocycles. The molecule has 2 fully saturated rings. The molecule has 0 aliphatic carbocycles. The Morgan fingerprint density at radius 3 is 1.43 bits per heavy atom. The van der Waals surface area contributed by atoms with Crippen molar-refractivity contribution in [3.8, 4) is 23.0 Å². The predicted octanol–water partition coefficient (Wildman–Crippen LogP) is 4.48. The highest BCUT2D eigenvalue weighted by Crippen LogP contribution is 2.40. The summed E-state index contributed by atoms with van der Waals surface area (Å²) in [5.41, 5.74) is 3.56. The Kier molecular flexibility index (Phi) is 17.5. The van der Waals surface area contributed by atoms with Crippen LogP contribution in [-0.4, -0.2) is 155 Å². The topological polar surface area (TPSA) is 292 Å². The van der Waals surface area contributed by atoms with Crippen LogP contribution in [0.1, 0.15) is 104 Å². The maximum Gasteiger partial charge on any atom is 0.272 e. The van der Waals surface area contributed by atoms with Gasteiger partial charge >= 0.3 is 0 Å². The fraction of sp³-hybridized carbons (Fsp3) is 0.393. The lowest BCUT2D eigenvalue weighted by Gasteiger charge is -2.20. The number of ether oxygens (including phenoxy) is 4. The largest absolute Gasteiger partial charge is 0.493 e. The Hall–Kier alpha value is -9.42. The molecule has 2 saturated heterocycles. The van der Waals surface area contributed by atoms with Crippen molar-refractivity contribution >= 4 is 88.1 Å². The van der Waals surface area contributed by atoms with Crippen molar-refractivity contribution in [3.05, 3.63) is 89.3 Å². The van der Waals surface area contributed by atoms with Gasteiger partial charge in [0.2, 0.25) is 17.7 Å². The molecule has 25 heteroatoms. The number of anilines is 3. The predicted molar refractivity (Wildman–Crippen MR) is 299 cm³/mol. The standard InChI is InChI=1S/C56H65N13O12/c1-65-31-34(21-42(65)52(73)61-29-51(72)58-15-14-57-49(70)12-8-18-80-47-25-40-38(23-45(47)78-4)55(76)68-16-6-10-36(68)27-59-40)63-54(75)44-22-35(32-67(44)3)64-53(74)43-20-33(30-66(43)2)62-50(71)13-9-19-81-48-26-41-39(24-46(48)79-5)56(77)69-17-7-11-37(69)28-60-41/h20-28,30-32,36-37H,6-19,29H2,1-5H3,(H,57,70)(H,58,72)(H,61,73)(H,62,71)(H,63,75)(H,64,74)/t36-,37-/m1/s1. The first-order valence-corrected chi connectivity index (χ1v) is 26.7. The second kappa shape index (κ2) is 25.1. The van der Waals surface area contributed by atoms with Gasteiger partial charge in [-0.05, 0) is 68.9 Å². The zero-order valence-electron chi connectivity index (χ0n) is 45.7. The highest BCUT2D eigenvalue weighted by Gasteiger charge is 2.34. The van der Waals surface area contributed by atoms with Crippen LogP contribution in [0, 0.1) is 0 Å². The molecule has 8 amide bonds. The molecule has 5 aromatic rings. The van der Waals surface area contributed by atoms with Gasteiger partial charge in [-0.1, -0.05) is 0 Å². The smallest absolute Gasteiger partial charge is 0.272 e. The minimum Gasteiger partial charge on any atom is -0.493 e. The number of fused-ring (bicyclic) bond motifs is 4. The molecular weight excluding hydrogens is 1050 g/mol. The molecule has 3 aromatic heterocycles. The molecular formula is C56H65N13O12. The third-order valence-corrected chi connectivity index (χ3v) is 14.2. The number of carbonyl (C=O) groups is 8. The zero-order valence-corrected chi connectivity index (χ0v) is 45.7. The number of hydrogen-bond donors (Lipinski definition) is 6. The summed E-state index contributed by atoms with van der Waals surface area (Å²) in [6.45, 7) is 1.69. The third kappa shape index (κ3) is 13.2. The van der Waals surface area contributed by atoms with Crippen molar-refractivity contribution in [2.24, 2.45) is 31.1 Å². The van der Waals surface area contributed by atoms with Crippen molar-refractivity contribution in [1.29, 1.82) is 0 Å². The molecule has 4 aliphatic heterocycles. The Balaban J connectivity index is 0.659. The number of methoxy groups -OCH3 is 2. The van der Waals surface area contributed by atoms with Crippen LogP contribution in [0.3, 0.4) is 0 Å². The fourth-order valence-corrected chi connectivity index (χ4v) is 10.1. The van der Waals surface area contributed by atoms with Gasteiger partial charge in [-0.25, -0.2) is 0 Å². The summed E-state index contributed by atoms with van der Waals surface area (Å²) in [4.78, 5) is 117. The average molecular weight is 1110 g/mol. The van der Waals surface area contributed by atoms with Crippen molar-refractivity contribution in [2.45, 2.75) is 63.5 Å². The first-order valence-electron chi connectivity index (χ1n) is 26.7. The van der Waals surface area contributed by atoms with Crippen molar-refractivity contribution < 1.29 is 57.3 Å². The number of rotatable bonds is 23. The van der Waals surface area contributed by atoms with Gasteiger partial charge in [0, 0.05) is 103 Å². The van der Waals surface area contributed by atoms with E-state index in [2.05, 4.69) is 41.9 Å². The SMILES string of the molecule is COc1cc2c(cc1OCCCC(=O)NCCNC(=O)CNC(=O)c1cc(NC(=O)c3cc(NC(=O)c4cc(NC(=O)CCCOc5cc6c(cc5OC)C(=O)N5CCC[C@@H]5C=N6)cn4C)cn3C)cn1C)N=C[C@H]1CCCN1C2=O. The summed E-state index contributed by atoms with van der Waals surface area (Å²) >= 11 is 0. The van der Waals surface area contributed by atoms with Crippen LogP contribution in [0.5, 0.6) is 23.0 Å². The highest BCUT2D eigenvalue weighted by molar-refractivity contribution is 6.08. The van der Waals surface area contributed by atoms with Crippen LogP contribution < -0.4 is 50.8 Å². The van der Waals surface area contributed by atoms with Gasteiger partial charge in [0.15, 0.2) is 23.0 Å². The quantitative estimate of drug-likeness (QED) is 0.0494. The molecule has 0 saturated carbocycles. The van der Waals surface area contributed by atoms with E-state index in [9.17, 15) is 38.4 Å². The second-order valence-electron chi connectivity index (χ2n) is 19.9. The lowest BCUT2D eigenvalue weighted by Crippen LogP contribution is -2.40. The Morgan fingerprint density at radius 1 is 0.531 bits per heavy atom. The zero-order chi connectivity index (χ0) is 57.3. The summed E-state index contributed by atoms with van der Waals surface area (Å²) in [6.07, 6.45) is 13.0. The van der Waals surface area contributed by atoms with Crippen LogP contribution in [0.2, 0.25) is 0 Å². The molecule has 7 heterocycles. The summed E-state index contributed by atoms with van der Waals surface area (Å²) < 4.78 is 27.5. The fourth-order valence-electron chi connectivity index (χ4n) is 10.1. The number of nitrogens with zero attached hydrogens (tertiary/aromatic N) is 7. The van der Waals surface area contributed by atoms with E-state index in [1.54, 1.807) is 74.8 Å². The first kappa shape index (κ1) is 56.3. The van der Waals surface area contributed by atoms with Gasteiger partial charge in [0.25, 0.3) is 29.5 Å². The molecule has 0 spiro atoms. The monoisotopic (exact) mass is 1110 g/mol.